The summed E-state index contributed by atoms with van der Waals surface area (Å²) in [4.78, 5) is 35.1. The second-order valence-electron chi connectivity index (χ2n) is 7.04. The van der Waals surface area contributed by atoms with Crippen LogP contribution < -0.4 is 5.32 Å². The number of esters is 1. The molecule has 138 valence electrons. The van der Waals surface area contributed by atoms with Crippen molar-refractivity contribution >= 4 is 17.8 Å². The summed E-state index contributed by atoms with van der Waals surface area (Å²) in [6.45, 7) is 9.17. The topological polar surface area (TPSA) is 81.7 Å². The fourth-order valence-corrected chi connectivity index (χ4v) is 1.94. The zero-order chi connectivity index (χ0) is 19.0. The molecule has 0 aliphatic carbocycles. The predicted molar refractivity (Wildman–Crippen MR) is 94.7 cm³/mol. The van der Waals surface area contributed by atoms with Crippen LogP contribution in [0.4, 0.5) is 4.79 Å². The normalized spacial score (nSPS) is 11.1. The van der Waals surface area contributed by atoms with E-state index in [-0.39, 0.29) is 25.4 Å². The molecule has 0 saturated heterocycles. The van der Waals surface area contributed by atoms with Gasteiger partial charge < -0.3 is 14.8 Å². The summed E-state index contributed by atoms with van der Waals surface area (Å²) >= 11 is 0. The number of alkyl carbamates (subject to hydrolysis) is 1. The van der Waals surface area contributed by atoms with Crippen LogP contribution in [-0.2, 0) is 14.3 Å². The third-order valence-electron chi connectivity index (χ3n) is 3.26. The standard InChI is InChI=1S/C19H27NO5/c1-13(2)14-6-8-15(9-7-14)16(21)12-24-17(22)10-11-20-18(23)25-19(3,4)5/h6-9,13H,10-12H2,1-5H3,(H,20,23). The number of ketones is 1. The van der Waals surface area contributed by atoms with Gasteiger partial charge in [-0.25, -0.2) is 4.79 Å². The van der Waals surface area contributed by atoms with Gasteiger partial charge in [-0.15, -0.1) is 0 Å². The average Bonchev–Trinajstić information content (AvgIpc) is 2.51. The minimum Gasteiger partial charge on any atom is -0.457 e. The van der Waals surface area contributed by atoms with Gasteiger partial charge in [-0.05, 0) is 32.3 Å². The molecule has 0 bridgehead atoms. The van der Waals surface area contributed by atoms with Gasteiger partial charge in [-0.3, -0.25) is 9.59 Å². The Morgan fingerprint density at radius 3 is 2.20 bits per heavy atom. The van der Waals surface area contributed by atoms with Crippen LogP contribution in [0.25, 0.3) is 0 Å². The van der Waals surface area contributed by atoms with E-state index in [2.05, 4.69) is 19.2 Å². The molecular weight excluding hydrogens is 322 g/mol. The smallest absolute Gasteiger partial charge is 0.407 e. The van der Waals surface area contributed by atoms with Crippen molar-refractivity contribution in [3.05, 3.63) is 35.4 Å². The Kier molecular flexibility index (Phi) is 7.61. The first-order chi connectivity index (χ1) is 11.6. The van der Waals surface area contributed by atoms with Crippen molar-refractivity contribution in [3.8, 4) is 0 Å². The molecule has 1 rings (SSSR count). The second-order valence-corrected chi connectivity index (χ2v) is 7.04. The number of amides is 1. The van der Waals surface area contributed by atoms with Crippen LogP contribution in [0, 0.1) is 0 Å². The molecule has 25 heavy (non-hydrogen) atoms. The summed E-state index contributed by atoms with van der Waals surface area (Å²) in [7, 11) is 0. The quantitative estimate of drug-likeness (QED) is 0.602. The van der Waals surface area contributed by atoms with E-state index in [1.807, 2.05) is 12.1 Å². The number of Topliss-reactive ketones (excluding diaryl/α,β-unsaturated/α-hetero) is 1. The number of benzene rings is 1. The second kappa shape index (κ2) is 9.20. The number of hydrogen-bond donors (Lipinski definition) is 1. The number of nitrogens with one attached hydrogen (secondary N) is 1. The maximum absolute atomic E-state index is 12.0. The van der Waals surface area contributed by atoms with E-state index in [0.29, 0.717) is 11.5 Å². The molecular formula is C19H27NO5. The monoisotopic (exact) mass is 349 g/mol. The zero-order valence-electron chi connectivity index (χ0n) is 15.5. The Balaban J connectivity index is 2.31. The molecule has 1 aromatic carbocycles. The van der Waals surface area contributed by atoms with E-state index in [1.54, 1.807) is 32.9 Å². The summed E-state index contributed by atoms with van der Waals surface area (Å²) in [6.07, 6.45) is -0.625. The number of carbonyl (C=O) groups excluding carboxylic acids is 3. The third-order valence-corrected chi connectivity index (χ3v) is 3.26. The van der Waals surface area contributed by atoms with Gasteiger partial charge in [0.15, 0.2) is 12.4 Å². The number of hydrogen-bond acceptors (Lipinski definition) is 5. The maximum atomic E-state index is 12.0. The van der Waals surface area contributed by atoms with E-state index in [1.165, 1.54) is 0 Å². The highest BCUT2D eigenvalue weighted by atomic mass is 16.6. The van der Waals surface area contributed by atoms with Gasteiger partial charge in [0.05, 0.1) is 6.42 Å². The van der Waals surface area contributed by atoms with Crippen LogP contribution in [0.1, 0.15) is 62.9 Å². The van der Waals surface area contributed by atoms with Crippen molar-refractivity contribution in [1.29, 1.82) is 0 Å². The van der Waals surface area contributed by atoms with Gasteiger partial charge in [0.25, 0.3) is 0 Å². The first-order valence-corrected chi connectivity index (χ1v) is 8.34. The fourth-order valence-electron chi connectivity index (χ4n) is 1.94. The molecule has 0 aliphatic heterocycles. The zero-order valence-corrected chi connectivity index (χ0v) is 15.5. The van der Waals surface area contributed by atoms with Crippen molar-refractivity contribution in [3.63, 3.8) is 0 Å². The van der Waals surface area contributed by atoms with Gasteiger partial charge in [0.1, 0.15) is 5.60 Å². The van der Waals surface area contributed by atoms with Crippen molar-refractivity contribution < 1.29 is 23.9 Å². The Labute approximate surface area is 148 Å². The van der Waals surface area contributed by atoms with Crippen LogP contribution in [-0.4, -0.2) is 36.6 Å². The Morgan fingerprint density at radius 2 is 1.68 bits per heavy atom. The van der Waals surface area contributed by atoms with E-state index in [9.17, 15) is 14.4 Å². The summed E-state index contributed by atoms with van der Waals surface area (Å²) < 4.78 is 9.98. The van der Waals surface area contributed by atoms with Gasteiger partial charge >= 0.3 is 12.1 Å². The Hall–Kier alpha value is -2.37. The molecule has 0 atom stereocenters. The predicted octanol–water partition coefficient (Wildman–Crippen LogP) is 3.45. The molecule has 0 aliphatic rings. The van der Waals surface area contributed by atoms with Crippen LogP contribution in [0.5, 0.6) is 0 Å². The van der Waals surface area contributed by atoms with Gasteiger partial charge in [0.2, 0.25) is 0 Å². The maximum Gasteiger partial charge on any atom is 0.407 e. The summed E-state index contributed by atoms with van der Waals surface area (Å²) in [5, 5.41) is 2.46. The van der Waals surface area contributed by atoms with Crippen molar-refractivity contribution in [2.24, 2.45) is 0 Å². The van der Waals surface area contributed by atoms with Crippen LogP contribution in [0.2, 0.25) is 0 Å². The Morgan fingerprint density at radius 1 is 1.08 bits per heavy atom. The third kappa shape index (κ3) is 8.33. The highest BCUT2D eigenvalue weighted by Crippen LogP contribution is 2.15. The lowest BCUT2D eigenvalue weighted by molar-refractivity contribution is -0.142. The minimum absolute atomic E-state index is 0.0290. The summed E-state index contributed by atoms with van der Waals surface area (Å²) in [5.74, 6) is -0.425. The molecule has 6 heteroatoms. The molecule has 0 radical (unpaired) electrons. The van der Waals surface area contributed by atoms with E-state index in [4.69, 9.17) is 9.47 Å². The van der Waals surface area contributed by atoms with E-state index < -0.39 is 17.7 Å². The molecule has 1 N–H and O–H groups in total. The summed E-state index contributed by atoms with van der Waals surface area (Å²) in [6, 6.07) is 7.25. The molecule has 0 aromatic heterocycles. The largest absolute Gasteiger partial charge is 0.457 e. The van der Waals surface area contributed by atoms with Crippen LogP contribution in [0.15, 0.2) is 24.3 Å². The van der Waals surface area contributed by atoms with E-state index in [0.717, 1.165) is 5.56 Å². The van der Waals surface area contributed by atoms with Crippen molar-refractivity contribution in [1.82, 2.24) is 5.32 Å². The van der Waals surface area contributed by atoms with Crippen LogP contribution in [0.3, 0.4) is 0 Å². The number of rotatable bonds is 7. The summed E-state index contributed by atoms with van der Waals surface area (Å²) in [5.41, 5.74) is 1.05. The molecule has 6 nitrogen and oxygen atoms in total. The van der Waals surface area contributed by atoms with Gasteiger partial charge in [0, 0.05) is 12.1 Å². The first-order valence-electron chi connectivity index (χ1n) is 8.34. The molecule has 0 fully saturated rings. The number of carbonyl (C=O) groups is 3. The molecule has 1 amide bonds. The van der Waals surface area contributed by atoms with E-state index >= 15 is 0 Å². The highest BCUT2D eigenvalue weighted by Gasteiger charge is 2.16. The van der Waals surface area contributed by atoms with Crippen molar-refractivity contribution in [2.75, 3.05) is 13.2 Å². The van der Waals surface area contributed by atoms with Gasteiger partial charge in [-0.1, -0.05) is 38.1 Å². The molecule has 1 aromatic rings. The van der Waals surface area contributed by atoms with Crippen molar-refractivity contribution in [2.45, 2.75) is 52.6 Å². The average molecular weight is 349 g/mol. The lowest BCUT2D eigenvalue weighted by atomic mass is 10.0. The lowest BCUT2D eigenvalue weighted by Crippen LogP contribution is -2.33. The number of ether oxygens (including phenoxy) is 2. The van der Waals surface area contributed by atoms with Gasteiger partial charge in [-0.2, -0.15) is 0 Å². The molecule has 0 unspecified atom stereocenters. The van der Waals surface area contributed by atoms with Crippen LogP contribution >= 0.6 is 0 Å². The fraction of sp³-hybridized carbons (Fsp3) is 0.526. The highest BCUT2D eigenvalue weighted by molar-refractivity contribution is 5.98. The minimum atomic E-state index is -0.596. The Bertz CT molecular complexity index is 599. The molecule has 0 spiro atoms. The molecule has 0 heterocycles. The lowest BCUT2D eigenvalue weighted by Gasteiger charge is -2.19. The molecule has 0 saturated carbocycles. The first kappa shape index (κ1) is 20.7. The SMILES string of the molecule is CC(C)c1ccc(C(=O)COC(=O)CCNC(=O)OC(C)(C)C)cc1.